The van der Waals surface area contributed by atoms with E-state index in [0.717, 1.165) is 0 Å². The Hall–Kier alpha value is -2.40. The van der Waals surface area contributed by atoms with Crippen LogP contribution in [-0.2, 0) is 0 Å². The molecule has 0 saturated heterocycles. The summed E-state index contributed by atoms with van der Waals surface area (Å²) in [5.74, 6) is 0.667. The van der Waals surface area contributed by atoms with Crippen molar-refractivity contribution in [1.29, 1.82) is 0 Å². The second-order valence-electron chi connectivity index (χ2n) is 4.33. The highest BCUT2D eigenvalue weighted by Crippen LogP contribution is 2.22. The van der Waals surface area contributed by atoms with Crippen molar-refractivity contribution >= 4 is 5.91 Å². The lowest BCUT2D eigenvalue weighted by Gasteiger charge is -2.09. The molecular formula is C15H16N2O3. The summed E-state index contributed by atoms with van der Waals surface area (Å²) in [5, 5.41) is 9.65. The van der Waals surface area contributed by atoms with Gasteiger partial charge in [-0.1, -0.05) is 6.92 Å². The van der Waals surface area contributed by atoms with Crippen molar-refractivity contribution in [3.63, 3.8) is 0 Å². The number of primary amides is 1. The number of carbonyl (C=O) groups excluding carboxylic acids is 1. The number of amides is 1. The summed E-state index contributed by atoms with van der Waals surface area (Å²) in [6.07, 6.45) is 1.61. The van der Waals surface area contributed by atoms with Gasteiger partial charge in [0.2, 0.25) is 5.91 Å². The normalized spacial score (nSPS) is 11.9. The average Bonchev–Trinajstić information content (AvgIpc) is 2.48. The Labute approximate surface area is 117 Å². The topological polar surface area (TPSA) is 85.4 Å². The van der Waals surface area contributed by atoms with E-state index >= 15 is 0 Å². The first-order valence-corrected chi connectivity index (χ1v) is 6.32. The molecule has 0 unspecified atom stereocenters. The lowest BCUT2D eigenvalue weighted by molar-refractivity contribution is 0.100. The van der Waals surface area contributed by atoms with Gasteiger partial charge in [-0.3, -0.25) is 9.78 Å². The molecule has 0 fully saturated rings. The van der Waals surface area contributed by atoms with Gasteiger partial charge in [-0.2, -0.15) is 0 Å². The van der Waals surface area contributed by atoms with Crippen molar-refractivity contribution in [1.82, 2.24) is 4.98 Å². The van der Waals surface area contributed by atoms with Crippen LogP contribution in [0.3, 0.4) is 0 Å². The Morgan fingerprint density at radius 3 is 2.40 bits per heavy atom. The molecule has 1 amide bonds. The van der Waals surface area contributed by atoms with Crippen LogP contribution < -0.4 is 10.5 Å². The third-order valence-electron chi connectivity index (χ3n) is 2.86. The number of aliphatic hydroxyl groups is 1. The van der Waals surface area contributed by atoms with Gasteiger partial charge < -0.3 is 15.6 Å². The van der Waals surface area contributed by atoms with Gasteiger partial charge in [0.15, 0.2) is 0 Å². The molecule has 0 saturated carbocycles. The van der Waals surface area contributed by atoms with E-state index in [1.165, 1.54) is 0 Å². The summed E-state index contributed by atoms with van der Waals surface area (Å²) in [5.41, 5.74) is 6.20. The van der Waals surface area contributed by atoms with E-state index in [0.29, 0.717) is 29.2 Å². The van der Waals surface area contributed by atoms with Gasteiger partial charge in [0, 0.05) is 5.56 Å². The molecule has 1 aromatic carbocycles. The molecular weight excluding hydrogens is 256 g/mol. The molecule has 0 aliphatic heterocycles. The second-order valence-corrected chi connectivity index (χ2v) is 4.33. The van der Waals surface area contributed by atoms with Crippen molar-refractivity contribution < 1.29 is 14.6 Å². The summed E-state index contributed by atoms with van der Waals surface area (Å²) in [6, 6.07) is 9.98. The summed E-state index contributed by atoms with van der Waals surface area (Å²) >= 11 is 0. The molecule has 0 bridgehead atoms. The minimum Gasteiger partial charge on any atom is -0.456 e. The highest BCUT2D eigenvalue weighted by Gasteiger charge is 2.07. The fourth-order valence-electron chi connectivity index (χ4n) is 1.68. The lowest BCUT2D eigenvalue weighted by atomic mass is 10.2. The molecule has 5 heteroatoms. The number of aliphatic hydroxyl groups excluding tert-OH is 1. The van der Waals surface area contributed by atoms with Crippen LogP contribution in [-0.4, -0.2) is 16.0 Å². The Kier molecular flexibility index (Phi) is 4.32. The Balaban J connectivity index is 2.08. The zero-order valence-electron chi connectivity index (χ0n) is 11.1. The molecule has 0 spiro atoms. The number of rotatable bonds is 5. The first kappa shape index (κ1) is 14.0. The van der Waals surface area contributed by atoms with Gasteiger partial charge in [-0.05, 0) is 42.8 Å². The van der Waals surface area contributed by atoms with Crippen molar-refractivity contribution in [2.75, 3.05) is 0 Å². The van der Waals surface area contributed by atoms with Crippen LogP contribution in [0.5, 0.6) is 11.5 Å². The summed E-state index contributed by atoms with van der Waals surface area (Å²) < 4.78 is 5.59. The van der Waals surface area contributed by atoms with Crippen LogP contribution in [0.15, 0.2) is 42.6 Å². The fraction of sp³-hybridized carbons (Fsp3) is 0.200. The summed E-state index contributed by atoms with van der Waals surface area (Å²) in [7, 11) is 0. The van der Waals surface area contributed by atoms with Gasteiger partial charge in [0.1, 0.15) is 11.5 Å². The minimum atomic E-state index is -0.557. The standard InChI is InChI=1S/C15H16N2O3/c1-2-14(18)13-8-7-12(9-17-13)20-11-5-3-10(4-6-11)15(16)19/h3-9,14,18H,2H2,1H3,(H2,16,19)/t14-/m0/s1. The molecule has 1 heterocycles. The van der Waals surface area contributed by atoms with Gasteiger partial charge in [-0.15, -0.1) is 0 Å². The number of hydrogen-bond donors (Lipinski definition) is 2. The third-order valence-corrected chi connectivity index (χ3v) is 2.86. The van der Waals surface area contributed by atoms with E-state index in [2.05, 4.69) is 4.98 Å². The molecule has 2 rings (SSSR count). The van der Waals surface area contributed by atoms with Crippen LogP contribution in [0.1, 0.15) is 35.5 Å². The number of carbonyl (C=O) groups is 1. The van der Waals surface area contributed by atoms with Gasteiger partial charge in [0.05, 0.1) is 18.0 Å². The number of benzene rings is 1. The Morgan fingerprint density at radius 2 is 1.90 bits per heavy atom. The van der Waals surface area contributed by atoms with Crippen molar-refractivity contribution in [3.05, 3.63) is 53.9 Å². The third kappa shape index (κ3) is 3.33. The Morgan fingerprint density at radius 1 is 1.25 bits per heavy atom. The quantitative estimate of drug-likeness (QED) is 0.875. The molecule has 0 radical (unpaired) electrons. The first-order valence-electron chi connectivity index (χ1n) is 6.32. The van der Waals surface area contributed by atoms with Crippen LogP contribution in [0.4, 0.5) is 0 Å². The van der Waals surface area contributed by atoms with E-state index < -0.39 is 12.0 Å². The largest absolute Gasteiger partial charge is 0.456 e. The zero-order valence-corrected chi connectivity index (χ0v) is 11.1. The predicted molar refractivity (Wildman–Crippen MR) is 74.5 cm³/mol. The lowest BCUT2D eigenvalue weighted by Crippen LogP contribution is -2.10. The number of hydrogen-bond acceptors (Lipinski definition) is 4. The number of nitrogens with zero attached hydrogens (tertiary/aromatic N) is 1. The maximum absolute atomic E-state index is 10.9. The van der Waals surface area contributed by atoms with Gasteiger partial charge >= 0.3 is 0 Å². The van der Waals surface area contributed by atoms with Crippen LogP contribution in [0.25, 0.3) is 0 Å². The van der Waals surface area contributed by atoms with E-state index in [-0.39, 0.29) is 0 Å². The fourth-order valence-corrected chi connectivity index (χ4v) is 1.68. The number of aromatic nitrogens is 1. The van der Waals surface area contributed by atoms with E-state index in [1.807, 2.05) is 6.92 Å². The van der Waals surface area contributed by atoms with E-state index in [1.54, 1.807) is 42.6 Å². The van der Waals surface area contributed by atoms with Crippen molar-refractivity contribution in [2.24, 2.45) is 5.73 Å². The van der Waals surface area contributed by atoms with Crippen LogP contribution in [0, 0.1) is 0 Å². The molecule has 0 aliphatic rings. The monoisotopic (exact) mass is 272 g/mol. The summed E-state index contributed by atoms with van der Waals surface area (Å²) in [4.78, 5) is 15.1. The van der Waals surface area contributed by atoms with E-state index in [4.69, 9.17) is 10.5 Å². The SMILES string of the molecule is CC[C@H](O)c1ccc(Oc2ccc(C(N)=O)cc2)cn1. The molecule has 5 nitrogen and oxygen atoms in total. The maximum atomic E-state index is 10.9. The molecule has 104 valence electrons. The number of nitrogens with two attached hydrogens (primary N) is 1. The van der Waals surface area contributed by atoms with Crippen LogP contribution in [0.2, 0.25) is 0 Å². The van der Waals surface area contributed by atoms with Crippen molar-refractivity contribution in [3.8, 4) is 11.5 Å². The second kappa shape index (κ2) is 6.16. The highest BCUT2D eigenvalue weighted by molar-refractivity contribution is 5.92. The van der Waals surface area contributed by atoms with E-state index in [9.17, 15) is 9.90 Å². The molecule has 0 aliphatic carbocycles. The maximum Gasteiger partial charge on any atom is 0.248 e. The Bertz CT molecular complexity index is 579. The number of pyridine rings is 1. The average molecular weight is 272 g/mol. The molecule has 2 aromatic rings. The number of ether oxygens (including phenoxy) is 1. The minimum absolute atomic E-state index is 0.428. The van der Waals surface area contributed by atoms with Gasteiger partial charge in [-0.25, -0.2) is 0 Å². The summed E-state index contributed by atoms with van der Waals surface area (Å²) in [6.45, 7) is 1.89. The predicted octanol–water partition coefficient (Wildman–Crippen LogP) is 2.42. The molecule has 3 N–H and O–H groups in total. The first-order chi connectivity index (χ1) is 9.60. The molecule has 20 heavy (non-hydrogen) atoms. The smallest absolute Gasteiger partial charge is 0.248 e. The molecule has 1 atom stereocenters. The van der Waals surface area contributed by atoms with Gasteiger partial charge in [0.25, 0.3) is 0 Å². The highest BCUT2D eigenvalue weighted by atomic mass is 16.5. The zero-order chi connectivity index (χ0) is 14.5. The van der Waals surface area contributed by atoms with Crippen LogP contribution >= 0.6 is 0 Å². The van der Waals surface area contributed by atoms with Crippen molar-refractivity contribution in [2.45, 2.75) is 19.4 Å². The molecule has 1 aromatic heterocycles.